The highest BCUT2D eigenvalue weighted by molar-refractivity contribution is 6.31. The molecular formula is C14H19ClN2O2. The number of carbonyl (C=O) groups is 1. The molecule has 1 saturated heterocycles. The van der Waals surface area contributed by atoms with Crippen LogP contribution in [-0.2, 0) is 9.53 Å². The van der Waals surface area contributed by atoms with Gasteiger partial charge >= 0.3 is 0 Å². The number of rotatable bonds is 3. The van der Waals surface area contributed by atoms with Crippen molar-refractivity contribution in [3.8, 4) is 0 Å². The standard InChI is InChI=1S/C14H19ClN2O2/c1-17(13-8-10(15)5-6-12(13)16)14(18)9-11-4-2-3-7-19-11/h5-6,8,11H,2-4,7,9,16H2,1H3. The number of carbonyl (C=O) groups excluding carboxylic acids is 1. The minimum absolute atomic E-state index is 0.000802. The fourth-order valence-electron chi connectivity index (χ4n) is 2.24. The summed E-state index contributed by atoms with van der Waals surface area (Å²) in [4.78, 5) is 13.8. The van der Waals surface area contributed by atoms with Crippen molar-refractivity contribution in [2.75, 3.05) is 24.3 Å². The fourth-order valence-corrected chi connectivity index (χ4v) is 2.41. The zero-order valence-electron chi connectivity index (χ0n) is 11.1. The topological polar surface area (TPSA) is 55.6 Å². The van der Waals surface area contributed by atoms with Crippen LogP contribution in [0.25, 0.3) is 0 Å². The molecule has 19 heavy (non-hydrogen) atoms. The lowest BCUT2D eigenvalue weighted by atomic mass is 10.1. The zero-order valence-corrected chi connectivity index (χ0v) is 11.8. The summed E-state index contributed by atoms with van der Waals surface area (Å²) >= 11 is 5.94. The first-order valence-electron chi connectivity index (χ1n) is 6.51. The lowest BCUT2D eigenvalue weighted by Gasteiger charge is -2.25. The van der Waals surface area contributed by atoms with Crippen LogP contribution in [0.4, 0.5) is 11.4 Å². The molecule has 0 bridgehead atoms. The van der Waals surface area contributed by atoms with Gasteiger partial charge in [0.05, 0.1) is 23.9 Å². The van der Waals surface area contributed by atoms with E-state index in [9.17, 15) is 4.79 Å². The van der Waals surface area contributed by atoms with Crippen LogP contribution in [0, 0.1) is 0 Å². The minimum atomic E-state index is 0.000802. The predicted octanol–water partition coefficient (Wildman–Crippen LogP) is 2.84. The van der Waals surface area contributed by atoms with Gasteiger partial charge < -0.3 is 15.4 Å². The summed E-state index contributed by atoms with van der Waals surface area (Å²) in [6.45, 7) is 0.751. The average Bonchev–Trinajstić information content (AvgIpc) is 2.42. The number of nitrogens with zero attached hydrogens (tertiary/aromatic N) is 1. The molecule has 5 heteroatoms. The van der Waals surface area contributed by atoms with Gasteiger partial charge in [-0.2, -0.15) is 0 Å². The van der Waals surface area contributed by atoms with Crippen molar-refractivity contribution >= 4 is 28.9 Å². The third kappa shape index (κ3) is 3.61. The molecule has 104 valence electrons. The summed E-state index contributed by atoms with van der Waals surface area (Å²) in [6.07, 6.45) is 3.58. The van der Waals surface area contributed by atoms with Gasteiger partial charge in [-0.1, -0.05) is 11.6 Å². The molecule has 0 spiro atoms. The van der Waals surface area contributed by atoms with Crippen molar-refractivity contribution < 1.29 is 9.53 Å². The molecule has 1 amide bonds. The van der Waals surface area contributed by atoms with Gasteiger partial charge in [0.25, 0.3) is 0 Å². The van der Waals surface area contributed by atoms with Crippen LogP contribution in [0.2, 0.25) is 5.02 Å². The first kappa shape index (κ1) is 14.2. The van der Waals surface area contributed by atoms with E-state index in [0.717, 1.165) is 25.9 Å². The summed E-state index contributed by atoms with van der Waals surface area (Å²) in [5.74, 6) is 0.000802. The Morgan fingerprint density at radius 3 is 3.00 bits per heavy atom. The van der Waals surface area contributed by atoms with Gasteiger partial charge in [0.2, 0.25) is 5.91 Å². The first-order chi connectivity index (χ1) is 9.08. The van der Waals surface area contributed by atoms with E-state index >= 15 is 0 Å². The van der Waals surface area contributed by atoms with Crippen LogP contribution in [0.5, 0.6) is 0 Å². The van der Waals surface area contributed by atoms with Gasteiger partial charge in [0.15, 0.2) is 0 Å². The van der Waals surface area contributed by atoms with E-state index < -0.39 is 0 Å². The number of halogens is 1. The molecule has 0 aromatic heterocycles. The van der Waals surface area contributed by atoms with Gasteiger partial charge in [-0.3, -0.25) is 4.79 Å². The van der Waals surface area contributed by atoms with Gasteiger partial charge in [-0.05, 0) is 37.5 Å². The molecule has 2 rings (SSSR count). The Morgan fingerprint density at radius 2 is 2.32 bits per heavy atom. The molecule has 1 atom stereocenters. The highest BCUT2D eigenvalue weighted by Crippen LogP contribution is 2.27. The van der Waals surface area contributed by atoms with E-state index in [4.69, 9.17) is 22.1 Å². The van der Waals surface area contributed by atoms with Crippen molar-refractivity contribution in [3.63, 3.8) is 0 Å². The van der Waals surface area contributed by atoms with Crippen LogP contribution in [0.15, 0.2) is 18.2 Å². The number of nitrogens with two attached hydrogens (primary N) is 1. The normalized spacial score (nSPS) is 19.2. The van der Waals surface area contributed by atoms with Gasteiger partial charge in [0.1, 0.15) is 0 Å². The first-order valence-corrected chi connectivity index (χ1v) is 6.89. The van der Waals surface area contributed by atoms with Crippen LogP contribution >= 0.6 is 11.6 Å². The Balaban J connectivity index is 2.03. The Hall–Kier alpha value is -1.26. The average molecular weight is 283 g/mol. The van der Waals surface area contributed by atoms with Crippen molar-refractivity contribution in [1.82, 2.24) is 0 Å². The molecular weight excluding hydrogens is 264 g/mol. The molecule has 1 aromatic rings. The van der Waals surface area contributed by atoms with E-state index in [2.05, 4.69) is 0 Å². The lowest BCUT2D eigenvalue weighted by molar-refractivity contribution is -0.122. The maximum absolute atomic E-state index is 12.2. The molecule has 1 aliphatic rings. The van der Waals surface area contributed by atoms with Gasteiger partial charge in [0, 0.05) is 18.7 Å². The van der Waals surface area contributed by atoms with Crippen molar-refractivity contribution in [3.05, 3.63) is 23.2 Å². The second-order valence-corrected chi connectivity index (χ2v) is 5.29. The van der Waals surface area contributed by atoms with Crippen LogP contribution < -0.4 is 10.6 Å². The van der Waals surface area contributed by atoms with E-state index in [1.807, 2.05) is 0 Å². The highest BCUT2D eigenvalue weighted by Gasteiger charge is 2.21. The number of anilines is 2. The van der Waals surface area contributed by atoms with Crippen LogP contribution in [0.3, 0.4) is 0 Å². The number of amides is 1. The maximum atomic E-state index is 12.2. The third-order valence-electron chi connectivity index (χ3n) is 3.40. The van der Waals surface area contributed by atoms with Crippen molar-refractivity contribution in [1.29, 1.82) is 0 Å². The summed E-state index contributed by atoms with van der Waals surface area (Å²) in [5, 5.41) is 0.567. The monoisotopic (exact) mass is 282 g/mol. The third-order valence-corrected chi connectivity index (χ3v) is 3.64. The largest absolute Gasteiger partial charge is 0.397 e. The Labute approximate surface area is 118 Å². The number of nitrogen functional groups attached to an aromatic ring is 1. The van der Waals surface area contributed by atoms with Gasteiger partial charge in [-0.15, -0.1) is 0 Å². The SMILES string of the molecule is CN(C(=O)CC1CCCCO1)c1cc(Cl)ccc1N. The summed E-state index contributed by atoms with van der Waals surface area (Å²) < 4.78 is 5.58. The summed E-state index contributed by atoms with van der Waals surface area (Å²) in [6, 6.07) is 5.12. The van der Waals surface area contributed by atoms with E-state index in [1.54, 1.807) is 30.1 Å². The number of hydrogen-bond acceptors (Lipinski definition) is 3. The van der Waals surface area contributed by atoms with E-state index in [-0.39, 0.29) is 12.0 Å². The molecule has 1 aliphatic heterocycles. The van der Waals surface area contributed by atoms with Crippen LogP contribution in [0.1, 0.15) is 25.7 Å². The second kappa shape index (κ2) is 6.26. The smallest absolute Gasteiger partial charge is 0.229 e. The molecule has 4 nitrogen and oxygen atoms in total. The number of ether oxygens (including phenoxy) is 1. The second-order valence-electron chi connectivity index (χ2n) is 4.85. The molecule has 1 aromatic carbocycles. The number of hydrogen-bond donors (Lipinski definition) is 1. The molecule has 1 heterocycles. The minimum Gasteiger partial charge on any atom is -0.397 e. The predicted molar refractivity (Wildman–Crippen MR) is 77.5 cm³/mol. The quantitative estimate of drug-likeness (QED) is 0.868. The van der Waals surface area contributed by atoms with Crippen molar-refractivity contribution in [2.45, 2.75) is 31.8 Å². The molecule has 1 unspecified atom stereocenters. The van der Waals surface area contributed by atoms with Crippen molar-refractivity contribution in [2.24, 2.45) is 0 Å². The molecule has 0 aliphatic carbocycles. The van der Waals surface area contributed by atoms with Gasteiger partial charge in [-0.25, -0.2) is 0 Å². The Kier molecular flexibility index (Phi) is 4.66. The summed E-state index contributed by atoms with van der Waals surface area (Å²) in [7, 11) is 1.72. The van der Waals surface area contributed by atoms with E-state index in [1.165, 1.54) is 0 Å². The number of benzene rings is 1. The fraction of sp³-hybridized carbons (Fsp3) is 0.500. The highest BCUT2D eigenvalue weighted by atomic mass is 35.5. The Bertz CT molecular complexity index is 459. The van der Waals surface area contributed by atoms with E-state index in [0.29, 0.717) is 22.8 Å². The zero-order chi connectivity index (χ0) is 13.8. The molecule has 1 fully saturated rings. The summed E-state index contributed by atoms with van der Waals surface area (Å²) in [5.41, 5.74) is 7.07. The molecule has 0 radical (unpaired) electrons. The Morgan fingerprint density at radius 1 is 1.53 bits per heavy atom. The molecule has 0 saturated carbocycles. The lowest BCUT2D eigenvalue weighted by Crippen LogP contribution is -2.32. The molecule has 2 N–H and O–H groups in total. The maximum Gasteiger partial charge on any atom is 0.229 e. The van der Waals surface area contributed by atoms with Crippen LogP contribution in [-0.4, -0.2) is 25.7 Å².